The van der Waals surface area contributed by atoms with Gasteiger partial charge >= 0.3 is 0 Å². The predicted molar refractivity (Wildman–Crippen MR) is 203 cm³/mol. The highest BCUT2D eigenvalue weighted by atomic mass is 35.5. The van der Waals surface area contributed by atoms with Crippen molar-refractivity contribution in [2.45, 2.75) is 101 Å². The molecule has 6 N–H and O–H groups in total. The smallest absolute Gasteiger partial charge is 0.157 e. The Kier molecular flexibility index (Phi) is 15.0. The number of hydrogen-bond donors (Lipinski definition) is 6. The van der Waals surface area contributed by atoms with Gasteiger partial charge in [-0.3, -0.25) is 0 Å². The van der Waals surface area contributed by atoms with Gasteiger partial charge in [-0.2, -0.15) is 0 Å². The van der Waals surface area contributed by atoms with E-state index in [1.807, 2.05) is 24.3 Å². The first-order valence-electron chi connectivity index (χ1n) is 18.1. The lowest BCUT2D eigenvalue weighted by molar-refractivity contribution is -0.214. The first-order valence-corrected chi connectivity index (χ1v) is 18.9. The molecule has 2 aliphatic rings. The molecule has 0 aliphatic carbocycles. The normalized spacial score (nSPS) is 28.3. The third-order valence-corrected chi connectivity index (χ3v) is 10.9. The first kappa shape index (κ1) is 42.1. The van der Waals surface area contributed by atoms with Gasteiger partial charge in [0.05, 0.1) is 13.2 Å². The van der Waals surface area contributed by atoms with E-state index in [4.69, 9.17) is 32.7 Å². The molecule has 10 atom stereocenters. The van der Waals surface area contributed by atoms with E-state index in [0.29, 0.717) is 34.0 Å². The molecule has 292 valence electrons. The summed E-state index contributed by atoms with van der Waals surface area (Å²) >= 11 is 12.7. The molecular weight excluding hydrogens is 741 g/mol. The van der Waals surface area contributed by atoms with Gasteiger partial charge < -0.3 is 40.1 Å². The fourth-order valence-electron chi connectivity index (χ4n) is 6.74. The molecule has 8 nitrogen and oxygen atoms in total. The molecule has 2 heterocycles. The zero-order valence-electron chi connectivity index (χ0n) is 30.1. The number of benzene rings is 4. The minimum atomic E-state index is -1.84. The Balaban J connectivity index is 0.000000208. The topological polar surface area (TPSA) is 140 Å². The second-order valence-corrected chi connectivity index (χ2v) is 14.6. The fraction of sp³-hybridized carbons (Fsp3) is 0.429. The van der Waals surface area contributed by atoms with Crippen LogP contribution in [-0.2, 0) is 35.2 Å². The maximum absolute atomic E-state index is 14.0. The lowest BCUT2D eigenvalue weighted by atomic mass is 9.90. The predicted octanol–water partition coefficient (Wildman–Crippen LogP) is 5.97. The SMILES string of the molecule is CCc1ccc(Cc2cc(C3OC(CO)C(F)C(O)C3O)ccc2Cl)cc1.CCc1ccc(Cc2cc(C3OC(CO)C(F)C(O)C3O)ccc2Cl)cc1. The van der Waals surface area contributed by atoms with Crippen LogP contribution in [0.25, 0.3) is 0 Å². The van der Waals surface area contributed by atoms with E-state index < -0.39 is 74.4 Å². The summed E-state index contributed by atoms with van der Waals surface area (Å²) in [5.74, 6) is 0. The molecule has 0 bridgehead atoms. The number of aryl methyl sites for hydroxylation is 2. The van der Waals surface area contributed by atoms with Crippen LogP contribution >= 0.6 is 23.2 Å². The van der Waals surface area contributed by atoms with Crippen LogP contribution < -0.4 is 0 Å². The van der Waals surface area contributed by atoms with Crippen molar-refractivity contribution >= 4 is 23.2 Å². The second-order valence-electron chi connectivity index (χ2n) is 13.8. The summed E-state index contributed by atoms with van der Waals surface area (Å²) in [5, 5.41) is 60.1. The third-order valence-electron chi connectivity index (χ3n) is 10.1. The van der Waals surface area contributed by atoms with Crippen molar-refractivity contribution in [3.63, 3.8) is 0 Å². The molecule has 12 heteroatoms. The van der Waals surface area contributed by atoms with Crippen molar-refractivity contribution in [3.05, 3.63) is 139 Å². The number of aliphatic hydroxyl groups excluding tert-OH is 6. The van der Waals surface area contributed by atoms with E-state index in [9.17, 15) is 39.4 Å². The molecule has 0 amide bonds. The van der Waals surface area contributed by atoms with Crippen molar-refractivity contribution in [2.24, 2.45) is 0 Å². The van der Waals surface area contributed by atoms with Gasteiger partial charge in [0.1, 0.15) is 48.8 Å². The van der Waals surface area contributed by atoms with Crippen LogP contribution in [0.4, 0.5) is 8.78 Å². The van der Waals surface area contributed by atoms with Crippen molar-refractivity contribution < 1.29 is 48.9 Å². The highest BCUT2D eigenvalue weighted by Crippen LogP contribution is 2.37. The average molecular weight is 790 g/mol. The van der Waals surface area contributed by atoms with Crippen molar-refractivity contribution in [1.29, 1.82) is 0 Å². The Morgan fingerprint density at radius 3 is 1.17 bits per heavy atom. The van der Waals surface area contributed by atoms with E-state index in [0.717, 1.165) is 35.1 Å². The Hall–Kier alpha value is -3.00. The van der Waals surface area contributed by atoms with Crippen LogP contribution in [0.2, 0.25) is 10.0 Å². The highest BCUT2D eigenvalue weighted by molar-refractivity contribution is 6.31. The lowest BCUT2D eigenvalue weighted by Crippen LogP contribution is -2.53. The van der Waals surface area contributed by atoms with Crippen molar-refractivity contribution in [2.75, 3.05) is 13.2 Å². The molecule has 4 aromatic carbocycles. The Morgan fingerprint density at radius 2 is 0.852 bits per heavy atom. The van der Waals surface area contributed by atoms with Gasteiger partial charge in [0.2, 0.25) is 0 Å². The van der Waals surface area contributed by atoms with Gasteiger partial charge in [0.15, 0.2) is 12.3 Å². The van der Waals surface area contributed by atoms with Gasteiger partial charge in [-0.05, 0) is 82.3 Å². The summed E-state index contributed by atoms with van der Waals surface area (Å²) in [6.45, 7) is 3.04. The first-order chi connectivity index (χ1) is 25.9. The summed E-state index contributed by atoms with van der Waals surface area (Å²) in [4.78, 5) is 0. The molecule has 0 spiro atoms. The molecule has 6 rings (SSSR count). The van der Waals surface area contributed by atoms with Crippen LogP contribution in [-0.4, -0.2) is 92.8 Å². The largest absolute Gasteiger partial charge is 0.394 e. The van der Waals surface area contributed by atoms with E-state index in [2.05, 4.69) is 38.1 Å². The molecule has 2 fully saturated rings. The number of halogens is 4. The number of hydrogen-bond acceptors (Lipinski definition) is 8. The van der Waals surface area contributed by atoms with Crippen molar-refractivity contribution in [3.8, 4) is 0 Å². The number of ether oxygens (including phenoxy) is 2. The Morgan fingerprint density at radius 1 is 0.519 bits per heavy atom. The second kappa shape index (κ2) is 19.2. The Labute approximate surface area is 324 Å². The van der Waals surface area contributed by atoms with Gasteiger partial charge in [-0.15, -0.1) is 0 Å². The summed E-state index contributed by atoms with van der Waals surface area (Å²) in [6.07, 6.45) is -10.9. The molecule has 0 radical (unpaired) electrons. The summed E-state index contributed by atoms with van der Waals surface area (Å²) < 4.78 is 38.9. The molecule has 54 heavy (non-hydrogen) atoms. The summed E-state index contributed by atoms with van der Waals surface area (Å²) in [5.41, 5.74) is 7.53. The van der Waals surface area contributed by atoms with Gasteiger partial charge in [-0.1, -0.05) is 110 Å². The molecule has 10 unspecified atom stereocenters. The van der Waals surface area contributed by atoms with Gasteiger partial charge in [-0.25, -0.2) is 8.78 Å². The Bertz CT molecular complexity index is 1660. The van der Waals surface area contributed by atoms with Crippen LogP contribution in [0, 0.1) is 0 Å². The van der Waals surface area contributed by atoms with E-state index >= 15 is 0 Å². The van der Waals surface area contributed by atoms with Gasteiger partial charge in [0.25, 0.3) is 0 Å². The highest BCUT2D eigenvalue weighted by Gasteiger charge is 2.46. The molecule has 2 aliphatic heterocycles. The van der Waals surface area contributed by atoms with Crippen molar-refractivity contribution in [1.82, 2.24) is 0 Å². The monoisotopic (exact) mass is 788 g/mol. The summed E-state index contributed by atoms with van der Waals surface area (Å²) in [7, 11) is 0. The maximum Gasteiger partial charge on any atom is 0.157 e. The average Bonchev–Trinajstić information content (AvgIpc) is 3.19. The maximum atomic E-state index is 14.0. The zero-order chi connectivity index (χ0) is 39.1. The molecule has 0 aromatic heterocycles. The van der Waals surface area contributed by atoms with Crippen LogP contribution in [0.3, 0.4) is 0 Å². The quantitative estimate of drug-likeness (QED) is 0.116. The van der Waals surface area contributed by atoms with Crippen LogP contribution in [0.1, 0.15) is 70.6 Å². The third kappa shape index (κ3) is 9.86. The zero-order valence-corrected chi connectivity index (χ0v) is 31.6. The van der Waals surface area contributed by atoms with Crippen LogP contribution in [0.15, 0.2) is 84.9 Å². The minimum absolute atomic E-state index is 0.575. The number of alkyl halides is 2. The van der Waals surface area contributed by atoms with E-state index in [1.54, 1.807) is 36.4 Å². The minimum Gasteiger partial charge on any atom is -0.394 e. The number of rotatable bonds is 10. The molecule has 0 saturated carbocycles. The molecule has 4 aromatic rings. The van der Waals surface area contributed by atoms with Gasteiger partial charge in [0, 0.05) is 10.0 Å². The fourth-order valence-corrected chi connectivity index (χ4v) is 7.11. The van der Waals surface area contributed by atoms with E-state index in [-0.39, 0.29) is 0 Å². The number of aliphatic hydroxyl groups is 6. The lowest BCUT2D eigenvalue weighted by Gasteiger charge is -2.39. The molecule has 2 saturated heterocycles. The van der Waals surface area contributed by atoms with Crippen LogP contribution in [0.5, 0.6) is 0 Å². The summed E-state index contributed by atoms with van der Waals surface area (Å²) in [6, 6.07) is 26.8. The van der Waals surface area contributed by atoms with E-state index in [1.165, 1.54) is 11.1 Å². The molecular formula is C42H48Cl2F2O8. The standard InChI is InChI=1S/2C21H24ClFO4/c2*1-2-12-3-5-13(6-4-12)9-15-10-14(7-8-16(15)22)21-20(26)19(25)18(23)17(11-24)27-21/h2*3-8,10,17-21,24-26H,2,9,11H2,1H3.